The van der Waals surface area contributed by atoms with E-state index in [1.165, 1.54) is 0 Å². The van der Waals surface area contributed by atoms with Gasteiger partial charge in [-0.15, -0.1) is 0 Å². The summed E-state index contributed by atoms with van der Waals surface area (Å²) in [6.07, 6.45) is 1.71. The van der Waals surface area contributed by atoms with Crippen LogP contribution in [0.2, 0.25) is 0 Å². The van der Waals surface area contributed by atoms with E-state index in [0.29, 0.717) is 18.8 Å². The summed E-state index contributed by atoms with van der Waals surface area (Å²) in [6.45, 7) is 2.81. The minimum absolute atomic E-state index is 0.276. The van der Waals surface area contributed by atoms with E-state index in [9.17, 15) is 4.79 Å². The molecule has 0 fully saturated rings. The minimum atomic E-state index is -0.276. The Kier molecular flexibility index (Phi) is 4.91. The predicted molar refractivity (Wildman–Crippen MR) is 95.4 cm³/mol. The van der Waals surface area contributed by atoms with Crippen LogP contribution in [0.1, 0.15) is 5.56 Å². The zero-order valence-electron chi connectivity index (χ0n) is 13.5. The molecule has 0 unspecified atom stereocenters. The molecule has 0 aliphatic rings. The van der Waals surface area contributed by atoms with Crippen LogP contribution in [-0.4, -0.2) is 24.2 Å². The maximum absolute atomic E-state index is 12.0. The fraction of sp³-hybridized carbons (Fsp3) is 0.158. The van der Waals surface area contributed by atoms with Crippen molar-refractivity contribution in [1.82, 2.24) is 10.3 Å². The molecule has 2 aromatic carbocycles. The van der Waals surface area contributed by atoms with Crippen LogP contribution in [0.25, 0.3) is 10.9 Å². The summed E-state index contributed by atoms with van der Waals surface area (Å²) in [5.41, 5.74) is 2.53. The maximum Gasteiger partial charge on any atom is 0.319 e. The molecular formula is C19H19N3O2. The number of carbonyl (C=O) groups excluding carboxylic acids is 1. The Morgan fingerprint density at radius 1 is 1.08 bits per heavy atom. The SMILES string of the molecule is Cc1ccccc1OCCNC(=O)Nc1cccc2cccnc12. The molecule has 0 aliphatic heterocycles. The first-order valence-corrected chi connectivity index (χ1v) is 7.81. The molecule has 122 valence electrons. The molecule has 3 aromatic rings. The molecule has 1 heterocycles. The molecule has 0 bridgehead atoms. The first kappa shape index (κ1) is 15.8. The second-order valence-corrected chi connectivity index (χ2v) is 5.38. The lowest BCUT2D eigenvalue weighted by molar-refractivity contribution is 0.247. The van der Waals surface area contributed by atoms with Crippen molar-refractivity contribution in [3.63, 3.8) is 0 Å². The Morgan fingerprint density at radius 2 is 1.92 bits per heavy atom. The van der Waals surface area contributed by atoms with E-state index in [4.69, 9.17) is 4.74 Å². The normalized spacial score (nSPS) is 10.4. The van der Waals surface area contributed by atoms with Crippen molar-refractivity contribution in [2.75, 3.05) is 18.5 Å². The maximum atomic E-state index is 12.0. The third kappa shape index (κ3) is 3.81. The lowest BCUT2D eigenvalue weighted by Crippen LogP contribution is -2.32. The number of pyridine rings is 1. The number of anilines is 1. The summed E-state index contributed by atoms with van der Waals surface area (Å²) in [7, 11) is 0. The van der Waals surface area contributed by atoms with Crippen molar-refractivity contribution < 1.29 is 9.53 Å². The van der Waals surface area contributed by atoms with Crippen molar-refractivity contribution in [1.29, 1.82) is 0 Å². The van der Waals surface area contributed by atoms with Gasteiger partial charge < -0.3 is 15.4 Å². The van der Waals surface area contributed by atoms with Crippen LogP contribution in [0.15, 0.2) is 60.8 Å². The number of nitrogens with zero attached hydrogens (tertiary/aromatic N) is 1. The third-order valence-electron chi connectivity index (χ3n) is 3.62. The number of hydrogen-bond donors (Lipinski definition) is 2. The van der Waals surface area contributed by atoms with Crippen LogP contribution in [0.4, 0.5) is 10.5 Å². The van der Waals surface area contributed by atoms with Gasteiger partial charge in [0.2, 0.25) is 0 Å². The smallest absolute Gasteiger partial charge is 0.319 e. The summed E-state index contributed by atoms with van der Waals surface area (Å²) in [5, 5.41) is 6.59. The van der Waals surface area contributed by atoms with Gasteiger partial charge in [-0.3, -0.25) is 4.98 Å². The van der Waals surface area contributed by atoms with Gasteiger partial charge in [0.25, 0.3) is 0 Å². The number of fused-ring (bicyclic) bond motifs is 1. The van der Waals surface area contributed by atoms with E-state index < -0.39 is 0 Å². The second-order valence-electron chi connectivity index (χ2n) is 5.38. The van der Waals surface area contributed by atoms with Gasteiger partial charge in [-0.05, 0) is 30.7 Å². The Labute approximate surface area is 140 Å². The molecule has 5 heteroatoms. The third-order valence-corrected chi connectivity index (χ3v) is 3.62. The first-order valence-electron chi connectivity index (χ1n) is 7.81. The van der Waals surface area contributed by atoms with E-state index in [1.54, 1.807) is 6.20 Å². The number of ether oxygens (including phenoxy) is 1. The molecule has 0 saturated carbocycles. The highest BCUT2D eigenvalue weighted by Gasteiger charge is 2.06. The highest BCUT2D eigenvalue weighted by atomic mass is 16.5. The number of amides is 2. The quantitative estimate of drug-likeness (QED) is 0.704. The molecule has 5 nitrogen and oxygen atoms in total. The van der Waals surface area contributed by atoms with E-state index in [-0.39, 0.29) is 6.03 Å². The van der Waals surface area contributed by atoms with Crippen LogP contribution in [0.3, 0.4) is 0 Å². The highest BCUT2D eigenvalue weighted by Crippen LogP contribution is 2.20. The minimum Gasteiger partial charge on any atom is -0.491 e. The molecule has 0 saturated heterocycles. The molecule has 0 spiro atoms. The molecule has 0 aliphatic carbocycles. The Hall–Kier alpha value is -3.08. The van der Waals surface area contributed by atoms with E-state index in [2.05, 4.69) is 15.6 Å². The van der Waals surface area contributed by atoms with E-state index >= 15 is 0 Å². The van der Waals surface area contributed by atoms with E-state index in [1.807, 2.05) is 61.5 Å². The number of carbonyl (C=O) groups is 1. The molecule has 24 heavy (non-hydrogen) atoms. The standard InChI is InChI=1S/C19H19N3O2/c1-14-6-2-3-10-17(14)24-13-12-21-19(23)22-16-9-4-7-15-8-5-11-20-18(15)16/h2-11H,12-13H2,1H3,(H2,21,22,23). The molecule has 2 amide bonds. The Bertz CT molecular complexity index is 843. The molecule has 3 rings (SSSR count). The van der Waals surface area contributed by atoms with Crippen LogP contribution in [0.5, 0.6) is 5.75 Å². The first-order chi connectivity index (χ1) is 11.7. The van der Waals surface area contributed by atoms with Crippen molar-refractivity contribution in [2.45, 2.75) is 6.92 Å². The van der Waals surface area contributed by atoms with Gasteiger partial charge in [0.15, 0.2) is 0 Å². The van der Waals surface area contributed by atoms with E-state index in [0.717, 1.165) is 22.2 Å². The van der Waals surface area contributed by atoms with Crippen LogP contribution in [-0.2, 0) is 0 Å². The average molecular weight is 321 g/mol. The molecule has 0 radical (unpaired) electrons. The molecular weight excluding hydrogens is 302 g/mol. The average Bonchev–Trinajstić information content (AvgIpc) is 2.60. The lowest BCUT2D eigenvalue weighted by atomic mass is 10.2. The van der Waals surface area contributed by atoms with Crippen molar-refractivity contribution in [3.8, 4) is 5.75 Å². The lowest BCUT2D eigenvalue weighted by Gasteiger charge is -2.11. The van der Waals surface area contributed by atoms with Gasteiger partial charge in [-0.2, -0.15) is 0 Å². The fourth-order valence-electron chi connectivity index (χ4n) is 2.42. The summed E-state index contributed by atoms with van der Waals surface area (Å²) in [6, 6.07) is 17.0. The highest BCUT2D eigenvalue weighted by molar-refractivity contribution is 5.99. The number of benzene rings is 2. The topological polar surface area (TPSA) is 63.2 Å². The Morgan fingerprint density at radius 3 is 2.79 bits per heavy atom. The summed E-state index contributed by atoms with van der Waals surface area (Å²) in [4.78, 5) is 16.3. The predicted octanol–water partition coefficient (Wildman–Crippen LogP) is 3.74. The number of para-hydroxylation sites is 2. The number of nitrogens with one attached hydrogen (secondary N) is 2. The van der Waals surface area contributed by atoms with Crippen LogP contribution < -0.4 is 15.4 Å². The van der Waals surface area contributed by atoms with Gasteiger partial charge >= 0.3 is 6.03 Å². The summed E-state index contributed by atoms with van der Waals surface area (Å²) in [5.74, 6) is 0.831. The number of aryl methyl sites for hydroxylation is 1. The second kappa shape index (κ2) is 7.46. The van der Waals surface area contributed by atoms with Gasteiger partial charge in [0.05, 0.1) is 17.7 Å². The molecule has 2 N–H and O–H groups in total. The largest absolute Gasteiger partial charge is 0.491 e. The summed E-state index contributed by atoms with van der Waals surface area (Å²) < 4.78 is 5.65. The monoisotopic (exact) mass is 321 g/mol. The molecule has 1 aromatic heterocycles. The zero-order valence-corrected chi connectivity index (χ0v) is 13.5. The summed E-state index contributed by atoms with van der Waals surface area (Å²) >= 11 is 0. The number of rotatable bonds is 5. The van der Waals surface area contributed by atoms with Gasteiger partial charge in [0, 0.05) is 11.6 Å². The van der Waals surface area contributed by atoms with Gasteiger partial charge in [0.1, 0.15) is 12.4 Å². The fourth-order valence-corrected chi connectivity index (χ4v) is 2.42. The van der Waals surface area contributed by atoms with Crippen LogP contribution in [0, 0.1) is 6.92 Å². The zero-order chi connectivity index (χ0) is 16.8. The number of urea groups is 1. The van der Waals surface area contributed by atoms with Crippen LogP contribution >= 0.6 is 0 Å². The van der Waals surface area contributed by atoms with Gasteiger partial charge in [-0.25, -0.2) is 4.79 Å². The van der Waals surface area contributed by atoms with Gasteiger partial charge in [-0.1, -0.05) is 36.4 Å². The Balaban J connectivity index is 1.51. The van der Waals surface area contributed by atoms with Crippen molar-refractivity contribution in [2.24, 2.45) is 0 Å². The molecule has 0 atom stereocenters. The number of aromatic nitrogens is 1. The van der Waals surface area contributed by atoms with Crippen molar-refractivity contribution >= 4 is 22.6 Å². The number of hydrogen-bond acceptors (Lipinski definition) is 3. The van der Waals surface area contributed by atoms with Crippen molar-refractivity contribution in [3.05, 3.63) is 66.4 Å².